The zero-order valence-corrected chi connectivity index (χ0v) is 20.2. The Morgan fingerprint density at radius 1 is 0.341 bits per heavy atom. The number of methoxy groups -OCH3 is 2. The Kier molecular flexibility index (Phi) is 66.9. The first-order chi connectivity index (χ1) is 16.9. The summed E-state index contributed by atoms with van der Waals surface area (Å²) in [6, 6.07) is 0. The van der Waals surface area contributed by atoms with E-state index in [1.807, 2.05) is 0 Å². The molecular formula is C28H60O16. The van der Waals surface area contributed by atoms with Crippen molar-refractivity contribution in [1.82, 2.24) is 0 Å². The van der Waals surface area contributed by atoms with E-state index >= 15 is 0 Å². The van der Waals surface area contributed by atoms with Crippen molar-refractivity contribution in [2.45, 2.75) is 98.9 Å². The van der Waals surface area contributed by atoms with Gasteiger partial charge in [0.05, 0.1) is 0 Å². The number of ether oxygens (including phenoxy) is 8. The summed E-state index contributed by atoms with van der Waals surface area (Å²) in [5.41, 5.74) is 0. The minimum absolute atomic E-state index is 0. The third-order valence-electron chi connectivity index (χ3n) is 2.92. The molecule has 0 aromatic heterocycles. The predicted octanol–water partition coefficient (Wildman–Crippen LogP) is 4.18. The molecule has 0 N–H and O–H groups in total. The number of Topliss-reactive ketones (excluding diaryl/α,β-unsaturated/α-hetero) is 2. The van der Waals surface area contributed by atoms with Gasteiger partial charge in [0.15, 0.2) is 13.6 Å². The zero-order chi connectivity index (χ0) is 27.9. The SMILES string of the molecule is C.C.C.C.C.C.C.C.CC(=O)CC(=O)OCOC(=O)CC(=O)OCOC(=O)CC(C)=O.COCOC(=O)CC(=O)OCOC. The van der Waals surface area contributed by atoms with Gasteiger partial charge in [-0.3, -0.25) is 38.4 Å². The quantitative estimate of drug-likeness (QED) is 0.0990. The van der Waals surface area contributed by atoms with Crippen LogP contribution in [0.25, 0.3) is 0 Å². The third-order valence-corrected chi connectivity index (χ3v) is 2.92. The van der Waals surface area contributed by atoms with E-state index in [1.165, 1.54) is 28.1 Å². The van der Waals surface area contributed by atoms with Gasteiger partial charge in [0, 0.05) is 14.2 Å². The summed E-state index contributed by atoms with van der Waals surface area (Å²) in [7, 11) is 2.74. The van der Waals surface area contributed by atoms with Crippen LogP contribution in [0.1, 0.15) is 98.9 Å². The van der Waals surface area contributed by atoms with Gasteiger partial charge in [0.25, 0.3) is 0 Å². The van der Waals surface area contributed by atoms with Crippen molar-refractivity contribution >= 4 is 47.4 Å². The van der Waals surface area contributed by atoms with E-state index in [4.69, 9.17) is 0 Å². The Bertz CT molecular complexity index is 716. The molecule has 0 radical (unpaired) electrons. The van der Waals surface area contributed by atoms with E-state index in [-0.39, 0.29) is 73.0 Å². The number of carbonyl (C=O) groups is 8. The highest BCUT2D eigenvalue weighted by Gasteiger charge is 2.15. The summed E-state index contributed by atoms with van der Waals surface area (Å²) in [6.45, 7) is 0.545. The lowest BCUT2D eigenvalue weighted by atomic mass is 10.3. The summed E-state index contributed by atoms with van der Waals surface area (Å²) in [6.07, 6.45) is -2.14. The number of hydrogen-bond donors (Lipinski definition) is 0. The topological polar surface area (TPSA) is 210 Å². The number of carbonyl (C=O) groups excluding carboxylic acids is 8. The van der Waals surface area contributed by atoms with Crippen LogP contribution in [0.5, 0.6) is 0 Å². The van der Waals surface area contributed by atoms with Crippen LogP contribution in [0.3, 0.4) is 0 Å². The van der Waals surface area contributed by atoms with Gasteiger partial charge in [-0.05, 0) is 13.8 Å². The highest BCUT2D eigenvalue weighted by Crippen LogP contribution is 1.95. The summed E-state index contributed by atoms with van der Waals surface area (Å²) in [5.74, 6) is -6.03. The van der Waals surface area contributed by atoms with Gasteiger partial charge < -0.3 is 37.9 Å². The second-order valence-corrected chi connectivity index (χ2v) is 6.26. The van der Waals surface area contributed by atoms with Crippen molar-refractivity contribution in [3.63, 3.8) is 0 Å². The Hall–Kier alpha value is -3.92. The van der Waals surface area contributed by atoms with Crippen LogP contribution in [-0.4, -0.2) is 88.8 Å². The third kappa shape index (κ3) is 50.9. The molecule has 16 nitrogen and oxygen atoms in total. The van der Waals surface area contributed by atoms with Crippen LogP contribution in [-0.2, 0) is 76.3 Å². The first-order valence-electron chi connectivity index (χ1n) is 9.81. The molecule has 0 fully saturated rings. The first-order valence-corrected chi connectivity index (χ1v) is 9.81. The molecule has 0 amide bonds. The van der Waals surface area contributed by atoms with Crippen LogP contribution >= 0.6 is 0 Å². The Labute approximate surface area is 264 Å². The van der Waals surface area contributed by atoms with Crippen LogP contribution in [0, 0.1) is 0 Å². The molecule has 0 aromatic carbocycles. The fourth-order valence-electron chi connectivity index (χ4n) is 1.52. The summed E-state index contributed by atoms with van der Waals surface area (Å²) < 4.78 is 35.4. The van der Waals surface area contributed by atoms with Crippen LogP contribution in [0.2, 0.25) is 0 Å². The molecule has 0 heterocycles. The average molecular weight is 653 g/mol. The predicted molar refractivity (Wildman–Crippen MR) is 164 cm³/mol. The van der Waals surface area contributed by atoms with Gasteiger partial charge in [-0.15, -0.1) is 0 Å². The molecule has 0 aliphatic carbocycles. The maximum absolute atomic E-state index is 11.2. The average Bonchev–Trinajstić information content (AvgIpc) is 2.75. The van der Waals surface area contributed by atoms with E-state index in [2.05, 4.69) is 37.9 Å². The van der Waals surface area contributed by atoms with Crippen molar-refractivity contribution in [1.29, 1.82) is 0 Å². The standard InChI is InChI=1S/C13H16O10.C7H12O6.8CH4/c1-8(14)3-10(16)20-6-22-12(18)5-13(19)23-7-21-11(17)4-9(2)15;1-10-4-12-6(8)3-7(9)13-5-11-2;;;;;;;;/h3-7H2,1-2H3;3-5H2,1-2H3;8*1H4. The monoisotopic (exact) mass is 652 g/mol. The van der Waals surface area contributed by atoms with Crippen molar-refractivity contribution in [3.8, 4) is 0 Å². The van der Waals surface area contributed by atoms with Crippen molar-refractivity contribution < 1.29 is 76.3 Å². The molecule has 0 aromatic rings. The number of hydrogen-bond acceptors (Lipinski definition) is 16. The van der Waals surface area contributed by atoms with Crippen molar-refractivity contribution in [3.05, 3.63) is 0 Å². The minimum Gasteiger partial charge on any atom is -0.438 e. The van der Waals surface area contributed by atoms with Crippen molar-refractivity contribution in [2.75, 3.05) is 41.4 Å². The summed E-state index contributed by atoms with van der Waals surface area (Å²) in [5, 5.41) is 0. The molecule has 0 aliphatic rings. The molecule has 0 aliphatic heterocycles. The lowest BCUT2D eigenvalue weighted by molar-refractivity contribution is -0.174. The van der Waals surface area contributed by atoms with Crippen LogP contribution < -0.4 is 0 Å². The zero-order valence-electron chi connectivity index (χ0n) is 20.2. The second-order valence-electron chi connectivity index (χ2n) is 6.26. The maximum Gasteiger partial charge on any atom is 0.320 e. The highest BCUT2D eigenvalue weighted by molar-refractivity contribution is 5.95. The molecule has 0 unspecified atom stereocenters. The summed E-state index contributed by atoms with van der Waals surface area (Å²) in [4.78, 5) is 86.8. The molecule has 0 spiro atoms. The maximum atomic E-state index is 11.2. The Morgan fingerprint density at radius 3 is 0.705 bits per heavy atom. The molecule has 0 bridgehead atoms. The molecule has 16 heteroatoms. The van der Waals surface area contributed by atoms with E-state index < -0.39 is 86.7 Å². The normalized spacial score (nSPS) is 7.73. The molecule has 268 valence electrons. The number of rotatable bonds is 16. The van der Waals surface area contributed by atoms with Crippen LogP contribution in [0.4, 0.5) is 0 Å². The summed E-state index contributed by atoms with van der Waals surface area (Å²) >= 11 is 0. The second kappa shape index (κ2) is 43.5. The van der Waals surface area contributed by atoms with E-state index in [1.54, 1.807) is 0 Å². The minimum atomic E-state index is -1.04. The van der Waals surface area contributed by atoms with Crippen LogP contribution in [0.15, 0.2) is 0 Å². The van der Waals surface area contributed by atoms with Gasteiger partial charge in [-0.2, -0.15) is 0 Å². The van der Waals surface area contributed by atoms with Gasteiger partial charge in [-0.1, -0.05) is 59.4 Å². The largest absolute Gasteiger partial charge is 0.438 e. The van der Waals surface area contributed by atoms with Gasteiger partial charge in [0.2, 0.25) is 13.6 Å². The smallest absolute Gasteiger partial charge is 0.320 e. The number of esters is 6. The fraction of sp³-hybridized carbons (Fsp3) is 0.714. The van der Waals surface area contributed by atoms with E-state index in [9.17, 15) is 38.4 Å². The molecule has 44 heavy (non-hydrogen) atoms. The Balaban J connectivity index is -0.0000000610. The van der Waals surface area contributed by atoms with E-state index in [0.29, 0.717) is 0 Å². The van der Waals surface area contributed by atoms with Gasteiger partial charge in [0.1, 0.15) is 37.2 Å². The van der Waals surface area contributed by atoms with E-state index in [0.717, 1.165) is 0 Å². The van der Waals surface area contributed by atoms with Gasteiger partial charge >= 0.3 is 35.8 Å². The number of ketones is 2. The fourth-order valence-corrected chi connectivity index (χ4v) is 1.52. The Morgan fingerprint density at radius 2 is 0.523 bits per heavy atom. The highest BCUT2D eigenvalue weighted by atomic mass is 16.7. The first kappa shape index (κ1) is 67.7. The molecule has 0 rings (SSSR count). The molecule has 0 atom stereocenters. The van der Waals surface area contributed by atoms with Crippen molar-refractivity contribution in [2.24, 2.45) is 0 Å². The lowest BCUT2D eigenvalue weighted by Gasteiger charge is -2.06. The van der Waals surface area contributed by atoms with Gasteiger partial charge in [-0.25, -0.2) is 0 Å². The molecule has 0 saturated carbocycles. The molecular weight excluding hydrogens is 592 g/mol. The lowest BCUT2D eigenvalue weighted by Crippen LogP contribution is -2.19. The molecule has 0 saturated heterocycles.